The molecule has 9 heteroatoms. The number of H-pyrrole nitrogens is 2. The highest BCUT2D eigenvalue weighted by atomic mass is 16.5. The summed E-state index contributed by atoms with van der Waals surface area (Å²) in [5, 5.41) is 9.00. The maximum Gasteiger partial charge on any atom is 0.328 e. The van der Waals surface area contributed by atoms with E-state index >= 15 is 0 Å². The summed E-state index contributed by atoms with van der Waals surface area (Å²) in [5.41, 5.74) is -1.91. The number of aliphatic carboxylic acids is 1. The highest BCUT2D eigenvalue weighted by molar-refractivity contribution is 5.96. The molecular formula is C10H11N3O6. The van der Waals surface area contributed by atoms with E-state index in [-0.39, 0.29) is 25.3 Å². The van der Waals surface area contributed by atoms with Gasteiger partial charge in [-0.1, -0.05) is 0 Å². The van der Waals surface area contributed by atoms with Gasteiger partial charge in [-0.3, -0.25) is 14.6 Å². The Hall–Kier alpha value is -2.42. The Bertz CT molecular complexity index is 618. The molecule has 9 nitrogen and oxygen atoms in total. The van der Waals surface area contributed by atoms with Gasteiger partial charge in [0.05, 0.1) is 13.2 Å². The van der Waals surface area contributed by atoms with Crippen molar-refractivity contribution in [3.63, 3.8) is 0 Å². The molecule has 1 unspecified atom stereocenters. The lowest BCUT2D eigenvalue weighted by molar-refractivity contribution is -0.147. The Kier molecular flexibility index (Phi) is 3.47. The average Bonchev–Trinajstić information content (AvgIpc) is 2.38. The standard InChI is InChI=1S/C10H11N3O6/c14-7-5(3-11-10(18)12-7)8(15)13-1-2-19-4-6(13)9(16)17/h3,6H,1-2,4H2,(H,16,17)(H2,11,12,14,18). The second-order valence-electron chi connectivity index (χ2n) is 3.91. The Balaban J connectivity index is 2.34. The largest absolute Gasteiger partial charge is 0.480 e. The summed E-state index contributed by atoms with van der Waals surface area (Å²) >= 11 is 0. The van der Waals surface area contributed by atoms with Crippen molar-refractivity contribution < 1.29 is 19.4 Å². The fourth-order valence-electron chi connectivity index (χ4n) is 1.77. The first-order valence-electron chi connectivity index (χ1n) is 5.44. The van der Waals surface area contributed by atoms with Crippen LogP contribution in [0.2, 0.25) is 0 Å². The van der Waals surface area contributed by atoms with Gasteiger partial charge < -0.3 is 19.7 Å². The second-order valence-corrected chi connectivity index (χ2v) is 3.91. The first kappa shape index (κ1) is 13.0. The lowest BCUT2D eigenvalue weighted by Crippen LogP contribution is -2.53. The normalized spacial score (nSPS) is 19.2. The van der Waals surface area contributed by atoms with Gasteiger partial charge in [0.25, 0.3) is 11.5 Å². The fourth-order valence-corrected chi connectivity index (χ4v) is 1.77. The van der Waals surface area contributed by atoms with Gasteiger partial charge in [0.15, 0.2) is 6.04 Å². The first-order valence-corrected chi connectivity index (χ1v) is 5.44. The maximum atomic E-state index is 12.1. The Morgan fingerprint density at radius 1 is 1.42 bits per heavy atom. The van der Waals surface area contributed by atoms with Gasteiger partial charge in [-0.25, -0.2) is 9.59 Å². The summed E-state index contributed by atoms with van der Waals surface area (Å²) in [5.74, 6) is -1.97. The number of carboxylic acid groups (broad SMARTS) is 1. The van der Waals surface area contributed by atoms with E-state index in [0.29, 0.717) is 0 Å². The number of hydrogen-bond donors (Lipinski definition) is 3. The summed E-state index contributed by atoms with van der Waals surface area (Å²) < 4.78 is 4.99. The van der Waals surface area contributed by atoms with Crippen LogP contribution in [0.15, 0.2) is 15.8 Å². The van der Waals surface area contributed by atoms with Crippen LogP contribution in [0.1, 0.15) is 10.4 Å². The lowest BCUT2D eigenvalue weighted by atomic mass is 10.2. The molecule has 1 aromatic heterocycles. The minimum atomic E-state index is -1.21. The number of morpholine rings is 1. The van der Waals surface area contributed by atoms with Crippen molar-refractivity contribution in [2.75, 3.05) is 19.8 Å². The van der Waals surface area contributed by atoms with Gasteiger partial charge in [-0.15, -0.1) is 0 Å². The van der Waals surface area contributed by atoms with Crippen molar-refractivity contribution in [3.05, 3.63) is 32.6 Å². The minimum Gasteiger partial charge on any atom is -0.480 e. The predicted molar refractivity (Wildman–Crippen MR) is 61.0 cm³/mol. The first-order chi connectivity index (χ1) is 9.00. The topological polar surface area (TPSA) is 133 Å². The number of aromatic nitrogens is 2. The van der Waals surface area contributed by atoms with Gasteiger partial charge in [-0.05, 0) is 0 Å². The molecule has 2 rings (SSSR count). The molecule has 0 aliphatic carbocycles. The molecule has 0 aromatic carbocycles. The SMILES string of the molecule is O=C(O)C1COCCN1C(=O)c1c[nH]c(=O)[nH]c1=O. The molecule has 3 N–H and O–H groups in total. The molecule has 19 heavy (non-hydrogen) atoms. The average molecular weight is 269 g/mol. The number of amides is 1. The third kappa shape index (κ3) is 2.55. The number of hydrogen-bond acceptors (Lipinski definition) is 5. The zero-order valence-electron chi connectivity index (χ0n) is 9.71. The molecule has 0 radical (unpaired) electrons. The Labute approximate surface area is 105 Å². The highest BCUT2D eigenvalue weighted by Gasteiger charge is 2.34. The van der Waals surface area contributed by atoms with E-state index in [4.69, 9.17) is 9.84 Å². The molecule has 1 aliphatic heterocycles. The van der Waals surface area contributed by atoms with Gasteiger partial charge >= 0.3 is 11.7 Å². The van der Waals surface area contributed by atoms with E-state index in [9.17, 15) is 19.2 Å². The van der Waals surface area contributed by atoms with E-state index in [0.717, 1.165) is 11.1 Å². The van der Waals surface area contributed by atoms with Crippen LogP contribution in [0.3, 0.4) is 0 Å². The number of nitrogens with zero attached hydrogens (tertiary/aromatic N) is 1. The zero-order chi connectivity index (χ0) is 14.0. The van der Waals surface area contributed by atoms with Crippen molar-refractivity contribution in [1.82, 2.24) is 14.9 Å². The Morgan fingerprint density at radius 2 is 2.16 bits per heavy atom. The number of carbonyl (C=O) groups excluding carboxylic acids is 1. The quantitative estimate of drug-likeness (QED) is 0.568. The number of ether oxygens (including phenoxy) is 1. The molecule has 1 aliphatic rings. The number of carbonyl (C=O) groups is 2. The molecule has 2 heterocycles. The molecule has 0 bridgehead atoms. The van der Waals surface area contributed by atoms with Crippen molar-refractivity contribution >= 4 is 11.9 Å². The van der Waals surface area contributed by atoms with Gasteiger partial charge in [0.2, 0.25) is 0 Å². The molecule has 1 amide bonds. The van der Waals surface area contributed by atoms with Crippen molar-refractivity contribution in [3.8, 4) is 0 Å². The van der Waals surface area contributed by atoms with Crippen LogP contribution in [-0.4, -0.2) is 57.7 Å². The minimum absolute atomic E-state index is 0.0639. The fraction of sp³-hybridized carbons (Fsp3) is 0.400. The van der Waals surface area contributed by atoms with E-state index in [2.05, 4.69) is 4.98 Å². The molecule has 0 saturated carbocycles. The van der Waals surface area contributed by atoms with Crippen LogP contribution < -0.4 is 11.2 Å². The molecule has 102 valence electrons. The van der Waals surface area contributed by atoms with Crippen LogP contribution in [0, 0.1) is 0 Å². The van der Waals surface area contributed by atoms with Crippen LogP contribution in [-0.2, 0) is 9.53 Å². The second kappa shape index (κ2) is 5.06. The summed E-state index contributed by atoms with van der Waals surface area (Å²) in [7, 11) is 0. The number of carboxylic acids is 1. The summed E-state index contributed by atoms with van der Waals surface area (Å²) in [4.78, 5) is 50.6. The number of nitrogens with one attached hydrogen (secondary N) is 2. The number of aromatic amines is 2. The molecular weight excluding hydrogens is 258 g/mol. The van der Waals surface area contributed by atoms with Crippen LogP contribution in [0.25, 0.3) is 0 Å². The lowest BCUT2D eigenvalue weighted by Gasteiger charge is -2.32. The third-order valence-electron chi connectivity index (χ3n) is 2.72. The van der Waals surface area contributed by atoms with Crippen LogP contribution in [0.4, 0.5) is 0 Å². The third-order valence-corrected chi connectivity index (χ3v) is 2.72. The van der Waals surface area contributed by atoms with Crippen molar-refractivity contribution in [1.29, 1.82) is 0 Å². The number of rotatable bonds is 2. The van der Waals surface area contributed by atoms with E-state index in [1.54, 1.807) is 0 Å². The molecule has 1 fully saturated rings. The molecule has 1 atom stereocenters. The van der Waals surface area contributed by atoms with Gasteiger partial charge in [-0.2, -0.15) is 0 Å². The molecule has 0 spiro atoms. The van der Waals surface area contributed by atoms with Crippen molar-refractivity contribution in [2.24, 2.45) is 0 Å². The predicted octanol–water partition coefficient (Wildman–Crippen LogP) is -2.01. The van der Waals surface area contributed by atoms with Gasteiger partial charge in [0, 0.05) is 12.7 Å². The zero-order valence-corrected chi connectivity index (χ0v) is 9.71. The smallest absolute Gasteiger partial charge is 0.328 e. The Morgan fingerprint density at radius 3 is 2.79 bits per heavy atom. The monoisotopic (exact) mass is 269 g/mol. The summed E-state index contributed by atoms with van der Waals surface area (Å²) in [6.45, 7) is 0.119. The summed E-state index contributed by atoms with van der Waals surface area (Å²) in [6, 6.07) is -1.15. The van der Waals surface area contributed by atoms with Crippen LogP contribution >= 0.6 is 0 Å². The summed E-state index contributed by atoms with van der Waals surface area (Å²) in [6.07, 6.45) is 0.970. The molecule has 1 aromatic rings. The van der Waals surface area contributed by atoms with E-state index in [1.165, 1.54) is 0 Å². The van der Waals surface area contributed by atoms with E-state index < -0.39 is 29.2 Å². The maximum absolute atomic E-state index is 12.1. The van der Waals surface area contributed by atoms with Crippen molar-refractivity contribution in [2.45, 2.75) is 6.04 Å². The molecule has 1 saturated heterocycles. The highest BCUT2D eigenvalue weighted by Crippen LogP contribution is 2.10. The van der Waals surface area contributed by atoms with Gasteiger partial charge in [0.1, 0.15) is 5.56 Å². The van der Waals surface area contributed by atoms with Crippen LogP contribution in [0.5, 0.6) is 0 Å². The van der Waals surface area contributed by atoms with E-state index in [1.807, 2.05) is 4.98 Å².